The second-order valence-corrected chi connectivity index (χ2v) is 5.22. The van der Waals surface area contributed by atoms with Gasteiger partial charge in [-0.1, -0.05) is 13.3 Å². The highest BCUT2D eigenvalue weighted by atomic mass is 16.5. The van der Waals surface area contributed by atoms with Crippen LogP contribution < -0.4 is 5.32 Å². The Morgan fingerprint density at radius 1 is 1.38 bits per heavy atom. The summed E-state index contributed by atoms with van der Waals surface area (Å²) in [6.07, 6.45) is 4.60. The van der Waals surface area contributed by atoms with E-state index in [1.807, 2.05) is 0 Å². The van der Waals surface area contributed by atoms with Gasteiger partial charge in [0, 0.05) is 25.8 Å². The van der Waals surface area contributed by atoms with Gasteiger partial charge < -0.3 is 14.8 Å². The van der Waals surface area contributed by atoms with Gasteiger partial charge in [0.05, 0.1) is 12.2 Å². The number of unbranched alkanes of at least 4 members (excludes halogenated alkanes) is 1. The van der Waals surface area contributed by atoms with E-state index in [1.165, 1.54) is 12.8 Å². The van der Waals surface area contributed by atoms with Crippen molar-refractivity contribution in [3.8, 4) is 0 Å². The molecule has 0 aromatic rings. The van der Waals surface area contributed by atoms with Crippen molar-refractivity contribution in [1.82, 2.24) is 5.32 Å². The van der Waals surface area contributed by atoms with Crippen molar-refractivity contribution in [2.24, 2.45) is 0 Å². The minimum Gasteiger partial charge on any atom is -0.380 e. The number of nitrogens with one attached hydrogen (secondary N) is 1. The fraction of sp³-hybridized carbons (Fsp3) is 1.00. The van der Waals surface area contributed by atoms with Crippen LogP contribution in [0.3, 0.4) is 0 Å². The Bertz CT molecular complexity index is 183. The summed E-state index contributed by atoms with van der Waals surface area (Å²) in [6, 6.07) is 0.596. The highest BCUT2D eigenvalue weighted by molar-refractivity contribution is 4.82. The molecular formula is C13H27NO2. The molecule has 1 aliphatic heterocycles. The molecule has 0 aliphatic carbocycles. The second-order valence-electron chi connectivity index (χ2n) is 5.22. The molecule has 1 N–H and O–H groups in total. The van der Waals surface area contributed by atoms with E-state index in [9.17, 15) is 0 Å². The SMILES string of the molecule is CCCCOCCNC1CCOC(C)(C)C1. The van der Waals surface area contributed by atoms with Crippen molar-refractivity contribution >= 4 is 0 Å². The molecule has 0 bridgehead atoms. The van der Waals surface area contributed by atoms with Gasteiger partial charge in [-0.15, -0.1) is 0 Å². The van der Waals surface area contributed by atoms with E-state index in [1.54, 1.807) is 0 Å². The van der Waals surface area contributed by atoms with Crippen molar-refractivity contribution in [2.45, 2.75) is 58.1 Å². The number of hydrogen-bond acceptors (Lipinski definition) is 3. The Morgan fingerprint density at radius 2 is 2.19 bits per heavy atom. The van der Waals surface area contributed by atoms with E-state index >= 15 is 0 Å². The van der Waals surface area contributed by atoms with Crippen molar-refractivity contribution < 1.29 is 9.47 Å². The maximum absolute atomic E-state index is 5.68. The highest BCUT2D eigenvalue weighted by Gasteiger charge is 2.28. The molecule has 0 saturated carbocycles. The average molecular weight is 229 g/mol. The van der Waals surface area contributed by atoms with Crippen molar-refractivity contribution in [3.05, 3.63) is 0 Å². The first-order valence-electron chi connectivity index (χ1n) is 6.59. The lowest BCUT2D eigenvalue weighted by Crippen LogP contribution is -2.44. The molecule has 96 valence electrons. The Kier molecular flexibility index (Phi) is 6.32. The smallest absolute Gasteiger partial charge is 0.0641 e. The Morgan fingerprint density at radius 3 is 2.88 bits per heavy atom. The summed E-state index contributed by atoms with van der Waals surface area (Å²) >= 11 is 0. The molecule has 0 amide bonds. The molecule has 1 fully saturated rings. The summed E-state index contributed by atoms with van der Waals surface area (Å²) in [5, 5.41) is 3.55. The minimum atomic E-state index is 0.0407. The zero-order valence-corrected chi connectivity index (χ0v) is 11.1. The summed E-state index contributed by atoms with van der Waals surface area (Å²) in [6.45, 7) is 10.1. The van der Waals surface area contributed by atoms with Gasteiger partial charge in [0.15, 0.2) is 0 Å². The van der Waals surface area contributed by atoms with E-state index in [0.717, 1.165) is 39.2 Å². The molecule has 3 heteroatoms. The molecule has 1 atom stereocenters. The van der Waals surface area contributed by atoms with Crippen molar-refractivity contribution in [2.75, 3.05) is 26.4 Å². The fourth-order valence-corrected chi connectivity index (χ4v) is 2.09. The maximum Gasteiger partial charge on any atom is 0.0641 e. The van der Waals surface area contributed by atoms with Crippen LogP contribution in [0, 0.1) is 0 Å². The van der Waals surface area contributed by atoms with Gasteiger partial charge in [-0.2, -0.15) is 0 Å². The van der Waals surface area contributed by atoms with Gasteiger partial charge in [-0.25, -0.2) is 0 Å². The van der Waals surface area contributed by atoms with Crippen LogP contribution >= 0.6 is 0 Å². The predicted molar refractivity (Wildman–Crippen MR) is 66.8 cm³/mol. The third-order valence-corrected chi connectivity index (χ3v) is 3.02. The first-order chi connectivity index (χ1) is 7.64. The van der Waals surface area contributed by atoms with Crippen LogP contribution in [-0.2, 0) is 9.47 Å². The van der Waals surface area contributed by atoms with Crippen LogP contribution in [0.15, 0.2) is 0 Å². The third kappa shape index (κ3) is 5.83. The second kappa shape index (κ2) is 7.25. The first-order valence-corrected chi connectivity index (χ1v) is 6.59. The van der Waals surface area contributed by atoms with E-state index in [0.29, 0.717) is 6.04 Å². The van der Waals surface area contributed by atoms with Crippen molar-refractivity contribution in [3.63, 3.8) is 0 Å². The van der Waals surface area contributed by atoms with Crippen LogP contribution in [0.2, 0.25) is 0 Å². The molecule has 1 unspecified atom stereocenters. The largest absolute Gasteiger partial charge is 0.380 e. The molecule has 0 aromatic heterocycles. The molecule has 0 aromatic carbocycles. The van der Waals surface area contributed by atoms with Gasteiger partial charge in [-0.05, 0) is 33.1 Å². The molecule has 0 spiro atoms. The van der Waals surface area contributed by atoms with Crippen LogP contribution in [-0.4, -0.2) is 38.0 Å². The quantitative estimate of drug-likeness (QED) is 0.680. The Balaban J connectivity index is 2.00. The van der Waals surface area contributed by atoms with Crippen LogP contribution in [0.5, 0.6) is 0 Å². The summed E-state index contributed by atoms with van der Waals surface area (Å²) in [4.78, 5) is 0. The monoisotopic (exact) mass is 229 g/mol. The summed E-state index contributed by atoms with van der Waals surface area (Å²) in [7, 11) is 0. The van der Waals surface area contributed by atoms with E-state index in [4.69, 9.17) is 9.47 Å². The molecular weight excluding hydrogens is 202 g/mol. The fourth-order valence-electron chi connectivity index (χ4n) is 2.09. The summed E-state index contributed by atoms with van der Waals surface area (Å²) in [5.74, 6) is 0. The summed E-state index contributed by atoms with van der Waals surface area (Å²) < 4.78 is 11.2. The zero-order chi connectivity index (χ0) is 11.9. The number of hydrogen-bond donors (Lipinski definition) is 1. The molecule has 3 nitrogen and oxygen atoms in total. The van der Waals surface area contributed by atoms with Crippen LogP contribution in [0.4, 0.5) is 0 Å². The average Bonchev–Trinajstić information content (AvgIpc) is 2.22. The molecule has 1 heterocycles. The zero-order valence-electron chi connectivity index (χ0n) is 11.1. The van der Waals surface area contributed by atoms with Crippen LogP contribution in [0.1, 0.15) is 46.5 Å². The topological polar surface area (TPSA) is 30.5 Å². The number of ether oxygens (including phenoxy) is 2. The summed E-state index contributed by atoms with van der Waals surface area (Å²) in [5.41, 5.74) is 0.0407. The van der Waals surface area contributed by atoms with Gasteiger partial charge in [0.25, 0.3) is 0 Å². The minimum absolute atomic E-state index is 0.0407. The Labute approximate surface area is 99.9 Å². The molecule has 16 heavy (non-hydrogen) atoms. The third-order valence-electron chi connectivity index (χ3n) is 3.02. The normalized spacial score (nSPS) is 24.6. The lowest BCUT2D eigenvalue weighted by molar-refractivity contribution is -0.0634. The maximum atomic E-state index is 5.68. The van der Waals surface area contributed by atoms with E-state index < -0.39 is 0 Å². The van der Waals surface area contributed by atoms with Gasteiger partial charge >= 0.3 is 0 Å². The molecule has 1 saturated heterocycles. The lowest BCUT2D eigenvalue weighted by atomic mass is 9.94. The van der Waals surface area contributed by atoms with Crippen molar-refractivity contribution in [1.29, 1.82) is 0 Å². The lowest BCUT2D eigenvalue weighted by Gasteiger charge is -2.36. The predicted octanol–water partition coefficient (Wildman–Crippen LogP) is 2.35. The van der Waals surface area contributed by atoms with Crippen LogP contribution in [0.25, 0.3) is 0 Å². The standard InChI is InChI=1S/C13H27NO2/c1-4-5-8-15-10-7-14-12-6-9-16-13(2,3)11-12/h12,14H,4-11H2,1-3H3. The van der Waals surface area contributed by atoms with Gasteiger partial charge in [0.2, 0.25) is 0 Å². The molecule has 0 radical (unpaired) electrons. The number of rotatable bonds is 7. The Hall–Kier alpha value is -0.120. The molecule has 1 rings (SSSR count). The molecule has 1 aliphatic rings. The van der Waals surface area contributed by atoms with E-state index in [2.05, 4.69) is 26.1 Å². The van der Waals surface area contributed by atoms with Gasteiger partial charge in [0.1, 0.15) is 0 Å². The van der Waals surface area contributed by atoms with E-state index in [-0.39, 0.29) is 5.60 Å². The highest BCUT2D eigenvalue weighted by Crippen LogP contribution is 2.23. The van der Waals surface area contributed by atoms with Gasteiger partial charge in [-0.3, -0.25) is 0 Å². The first kappa shape index (κ1) is 13.9.